The molecule has 0 fully saturated rings. The standard InChI is InChI=1S/C22H31N2O5P/c1-14(2)28-30(27,29-15(3)4)22(19-9-8-10-20(13-19)24(25)26)23-21-17(6)11-16(5)12-18(21)7/h8-15,22-23H,1-7H3. The predicted molar refractivity (Wildman–Crippen MR) is 120 cm³/mol. The monoisotopic (exact) mass is 434 g/mol. The van der Waals surface area contributed by atoms with Crippen LogP contribution in [0.4, 0.5) is 11.4 Å². The molecule has 0 amide bonds. The molecule has 164 valence electrons. The first-order chi connectivity index (χ1) is 13.9. The largest absolute Gasteiger partial charge is 0.367 e. The van der Waals surface area contributed by atoms with E-state index in [4.69, 9.17) is 9.05 Å². The molecule has 0 aromatic heterocycles. The molecule has 1 N–H and O–H groups in total. The Hall–Kier alpha value is -2.21. The number of rotatable bonds is 9. The fourth-order valence-corrected chi connectivity index (χ4v) is 5.71. The number of aryl methyl sites for hydroxylation is 3. The quantitative estimate of drug-likeness (QED) is 0.269. The van der Waals surface area contributed by atoms with Gasteiger partial charge in [0.25, 0.3) is 5.69 Å². The molecule has 2 aromatic rings. The van der Waals surface area contributed by atoms with Crippen LogP contribution in [0.5, 0.6) is 0 Å². The maximum atomic E-state index is 14.0. The maximum Gasteiger partial charge on any atom is 0.357 e. The Labute approximate surface area is 178 Å². The summed E-state index contributed by atoms with van der Waals surface area (Å²) in [5.74, 6) is -0.915. The third-order valence-corrected chi connectivity index (χ3v) is 6.88. The Morgan fingerprint density at radius 2 is 1.50 bits per heavy atom. The summed E-state index contributed by atoms with van der Waals surface area (Å²) in [4.78, 5) is 10.9. The molecule has 0 aliphatic rings. The van der Waals surface area contributed by atoms with Crippen LogP contribution in [0.15, 0.2) is 36.4 Å². The van der Waals surface area contributed by atoms with E-state index in [0.717, 1.165) is 22.4 Å². The lowest BCUT2D eigenvalue weighted by atomic mass is 10.0. The highest BCUT2D eigenvalue weighted by molar-refractivity contribution is 7.54. The van der Waals surface area contributed by atoms with Gasteiger partial charge >= 0.3 is 7.60 Å². The van der Waals surface area contributed by atoms with Crippen LogP contribution in [0.25, 0.3) is 0 Å². The number of hydrogen-bond acceptors (Lipinski definition) is 6. The lowest BCUT2D eigenvalue weighted by Gasteiger charge is -2.32. The van der Waals surface area contributed by atoms with E-state index in [0.29, 0.717) is 5.56 Å². The van der Waals surface area contributed by atoms with Crippen LogP contribution in [-0.2, 0) is 13.6 Å². The van der Waals surface area contributed by atoms with Gasteiger partial charge in [-0.15, -0.1) is 0 Å². The van der Waals surface area contributed by atoms with Gasteiger partial charge in [-0.05, 0) is 65.2 Å². The Kier molecular flexibility index (Phi) is 7.81. The summed E-state index contributed by atoms with van der Waals surface area (Å²) >= 11 is 0. The lowest BCUT2D eigenvalue weighted by Crippen LogP contribution is -2.20. The van der Waals surface area contributed by atoms with E-state index < -0.39 is 18.3 Å². The second-order valence-electron chi connectivity index (χ2n) is 8.02. The molecule has 0 aliphatic heterocycles. The molecule has 0 saturated carbocycles. The number of nitro groups is 1. The molecule has 0 spiro atoms. The summed E-state index contributed by atoms with van der Waals surface area (Å²) in [5, 5.41) is 14.7. The van der Waals surface area contributed by atoms with Crippen molar-refractivity contribution in [3.63, 3.8) is 0 Å². The molecule has 0 saturated heterocycles. The van der Waals surface area contributed by atoms with Crippen LogP contribution < -0.4 is 5.32 Å². The highest BCUT2D eigenvalue weighted by Crippen LogP contribution is 2.62. The van der Waals surface area contributed by atoms with Gasteiger partial charge in [-0.25, -0.2) is 0 Å². The zero-order valence-corrected chi connectivity index (χ0v) is 19.5. The Morgan fingerprint density at radius 3 is 1.97 bits per heavy atom. The molecule has 0 aliphatic carbocycles. The Bertz CT molecular complexity index is 921. The normalized spacial score (nSPS) is 13.0. The highest BCUT2D eigenvalue weighted by atomic mass is 31.2. The van der Waals surface area contributed by atoms with Gasteiger partial charge in [0.05, 0.1) is 17.1 Å². The van der Waals surface area contributed by atoms with Crippen LogP contribution in [0, 0.1) is 30.9 Å². The first-order valence-electron chi connectivity index (χ1n) is 9.98. The van der Waals surface area contributed by atoms with Gasteiger partial charge in [0.15, 0.2) is 5.78 Å². The van der Waals surface area contributed by atoms with Gasteiger partial charge in [-0.3, -0.25) is 14.7 Å². The number of nitro benzene ring substituents is 1. The van der Waals surface area contributed by atoms with E-state index in [9.17, 15) is 14.7 Å². The van der Waals surface area contributed by atoms with Crippen molar-refractivity contribution in [2.75, 3.05) is 5.32 Å². The maximum absolute atomic E-state index is 14.0. The first kappa shape index (κ1) is 24.1. The first-order valence-corrected chi connectivity index (χ1v) is 11.6. The molecule has 1 unspecified atom stereocenters. The molecule has 8 heteroatoms. The minimum Gasteiger partial charge on any atom is -0.367 e. The highest BCUT2D eigenvalue weighted by Gasteiger charge is 2.40. The fourth-order valence-electron chi connectivity index (χ4n) is 3.43. The molecule has 0 heterocycles. The molecule has 1 atom stereocenters. The molecule has 0 radical (unpaired) electrons. The van der Waals surface area contributed by atoms with E-state index in [1.165, 1.54) is 12.1 Å². The van der Waals surface area contributed by atoms with Gasteiger partial charge in [-0.1, -0.05) is 29.8 Å². The average molecular weight is 434 g/mol. The number of benzene rings is 2. The van der Waals surface area contributed by atoms with Crippen LogP contribution in [0.3, 0.4) is 0 Å². The number of nitrogens with one attached hydrogen (secondary N) is 1. The summed E-state index contributed by atoms with van der Waals surface area (Å²) in [7, 11) is -3.76. The van der Waals surface area contributed by atoms with Crippen molar-refractivity contribution in [3.05, 3.63) is 68.8 Å². The van der Waals surface area contributed by atoms with Gasteiger partial charge < -0.3 is 14.4 Å². The second kappa shape index (κ2) is 9.73. The van der Waals surface area contributed by atoms with Crippen molar-refractivity contribution in [2.45, 2.75) is 66.5 Å². The Morgan fingerprint density at radius 1 is 0.967 bits per heavy atom. The zero-order valence-electron chi connectivity index (χ0n) is 18.6. The van der Waals surface area contributed by atoms with E-state index in [-0.39, 0.29) is 17.9 Å². The topological polar surface area (TPSA) is 90.7 Å². The number of nitrogens with zero attached hydrogens (tertiary/aromatic N) is 1. The molecule has 0 bridgehead atoms. The average Bonchev–Trinajstić information content (AvgIpc) is 2.59. The van der Waals surface area contributed by atoms with Crippen LogP contribution in [-0.4, -0.2) is 17.1 Å². The summed E-state index contributed by atoms with van der Waals surface area (Å²) in [5.41, 5.74) is 4.25. The number of non-ortho nitro benzene ring substituents is 1. The van der Waals surface area contributed by atoms with Crippen molar-refractivity contribution in [1.29, 1.82) is 0 Å². The summed E-state index contributed by atoms with van der Waals surface area (Å²) in [6.45, 7) is 13.1. The summed E-state index contributed by atoms with van der Waals surface area (Å²) < 4.78 is 25.7. The van der Waals surface area contributed by atoms with Crippen LogP contribution in [0.2, 0.25) is 0 Å². The smallest absolute Gasteiger partial charge is 0.357 e. The third kappa shape index (κ3) is 5.91. The van der Waals surface area contributed by atoms with E-state index in [2.05, 4.69) is 5.32 Å². The minimum atomic E-state index is -3.76. The van der Waals surface area contributed by atoms with Crippen molar-refractivity contribution in [2.24, 2.45) is 0 Å². The predicted octanol–water partition coefficient (Wildman–Crippen LogP) is 6.67. The lowest BCUT2D eigenvalue weighted by molar-refractivity contribution is -0.384. The molecular weight excluding hydrogens is 403 g/mol. The van der Waals surface area contributed by atoms with Crippen LogP contribution in [0.1, 0.15) is 55.7 Å². The van der Waals surface area contributed by atoms with Crippen LogP contribution >= 0.6 is 7.60 Å². The summed E-state index contributed by atoms with van der Waals surface area (Å²) in [6, 6.07) is 10.1. The molecular formula is C22H31N2O5P. The fraction of sp³-hybridized carbons (Fsp3) is 0.455. The van der Waals surface area contributed by atoms with E-state index in [1.807, 2.05) is 32.9 Å². The second-order valence-corrected chi connectivity index (χ2v) is 10.0. The molecule has 30 heavy (non-hydrogen) atoms. The Balaban J connectivity index is 2.67. The van der Waals surface area contributed by atoms with Crippen molar-refractivity contribution in [3.8, 4) is 0 Å². The van der Waals surface area contributed by atoms with Crippen molar-refractivity contribution >= 4 is 19.0 Å². The van der Waals surface area contributed by atoms with E-state index in [1.54, 1.807) is 39.8 Å². The van der Waals surface area contributed by atoms with Gasteiger partial charge in [0.2, 0.25) is 0 Å². The van der Waals surface area contributed by atoms with Gasteiger partial charge in [0.1, 0.15) is 0 Å². The molecule has 2 aromatic carbocycles. The summed E-state index contributed by atoms with van der Waals surface area (Å²) in [6.07, 6.45) is -0.726. The molecule has 2 rings (SSSR count). The SMILES string of the molecule is Cc1cc(C)c(NC(c2cccc([N+](=O)[O-])c2)P(=O)(OC(C)C)OC(C)C)c(C)c1. The number of anilines is 1. The van der Waals surface area contributed by atoms with Gasteiger partial charge in [-0.2, -0.15) is 0 Å². The van der Waals surface area contributed by atoms with Crippen molar-refractivity contribution in [1.82, 2.24) is 0 Å². The molecule has 7 nitrogen and oxygen atoms in total. The van der Waals surface area contributed by atoms with Crippen molar-refractivity contribution < 1.29 is 18.5 Å². The minimum absolute atomic E-state index is 0.0858. The van der Waals surface area contributed by atoms with E-state index >= 15 is 0 Å². The number of hydrogen-bond donors (Lipinski definition) is 1. The van der Waals surface area contributed by atoms with Gasteiger partial charge in [0, 0.05) is 17.8 Å². The zero-order chi connectivity index (χ0) is 22.6. The third-order valence-electron chi connectivity index (χ3n) is 4.39.